The number of fused-ring (bicyclic) bond motifs is 1. The van der Waals surface area contributed by atoms with Crippen LogP contribution in [0, 0.1) is 0 Å². The minimum Gasteiger partial charge on any atom is -0.334 e. The van der Waals surface area contributed by atoms with Gasteiger partial charge in [0, 0.05) is 28.6 Å². The van der Waals surface area contributed by atoms with Gasteiger partial charge >= 0.3 is 6.03 Å². The average Bonchev–Trinajstić information content (AvgIpc) is 3.36. The predicted molar refractivity (Wildman–Crippen MR) is 111 cm³/mol. The normalized spacial score (nSPS) is 16.3. The first-order valence-electron chi connectivity index (χ1n) is 9.13. The van der Waals surface area contributed by atoms with Gasteiger partial charge in [-0.3, -0.25) is 9.89 Å². The SMILES string of the molecule is O=C(Nc1ccc2[nH]ncc2c1)C1CCCN1C(=O)NCc1ccc(Br)cc1. The van der Waals surface area contributed by atoms with Crippen LogP contribution >= 0.6 is 15.9 Å². The summed E-state index contributed by atoms with van der Waals surface area (Å²) in [4.78, 5) is 27.0. The van der Waals surface area contributed by atoms with E-state index in [1.54, 1.807) is 11.1 Å². The van der Waals surface area contributed by atoms with Crippen molar-refractivity contribution in [2.24, 2.45) is 0 Å². The van der Waals surface area contributed by atoms with E-state index in [0.29, 0.717) is 25.2 Å². The van der Waals surface area contributed by atoms with Gasteiger partial charge in [-0.2, -0.15) is 5.10 Å². The number of halogens is 1. The molecule has 144 valence electrons. The zero-order valence-electron chi connectivity index (χ0n) is 15.1. The maximum atomic E-state index is 12.8. The molecule has 2 aromatic carbocycles. The number of hydrogen-bond donors (Lipinski definition) is 3. The van der Waals surface area contributed by atoms with Crippen LogP contribution in [0.2, 0.25) is 0 Å². The van der Waals surface area contributed by atoms with Crippen LogP contribution in [0.15, 0.2) is 53.1 Å². The zero-order valence-corrected chi connectivity index (χ0v) is 16.7. The second-order valence-electron chi connectivity index (χ2n) is 6.80. The summed E-state index contributed by atoms with van der Waals surface area (Å²) < 4.78 is 0.993. The molecule has 3 aromatic rings. The largest absolute Gasteiger partial charge is 0.334 e. The van der Waals surface area contributed by atoms with Gasteiger partial charge in [0.1, 0.15) is 6.04 Å². The van der Waals surface area contributed by atoms with Crippen LogP contribution in [0.3, 0.4) is 0 Å². The number of carbonyl (C=O) groups excluding carboxylic acids is 2. The second kappa shape index (κ2) is 8.02. The number of H-pyrrole nitrogens is 1. The van der Waals surface area contributed by atoms with E-state index < -0.39 is 6.04 Å². The monoisotopic (exact) mass is 441 g/mol. The van der Waals surface area contributed by atoms with Crippen molar-refractivity contribution >= 4 is 44.5 Å². The molecule has 1 atom stereocenters. The van der Waals surface area contributed by atoms with Crippen molar-refractivity contribution in [3.63, 3.8) is 0 Å². The summed E-state index contributed by atoms with van der Waals surface area (Å²) in [6.07, 6.45) is 3.18. The Morgan fingerprint density at radius 1 is 1.21 bits per heavy atom. The lowest BCUT2D eigenvalue weighted by Gasteiger charge is -2.24. The van der Waals surface area contributed by atoms with E-state index in [0.717, 1.165) is 27.4 Å². The Morgan fingerprint density at radius 2 is 2.04 bits per heavy atom. The molecule has 0 bridgehead atoms. The van der Waals surface area contributed by atoms with Crippen LogP contribution in [0.5, 0.6) is 0 Å². The number of nitrogens with zero attached hydrogens (tertiary/aromatic N) is 2. The van der Waals surface area contributed by atoms with Crippen molar-refractivity contribution in [3.05, 3.63) is 58.7 Å². The highest BCUT2D eigenvalue weighted by Gasteiger charge is 2.34. The van der Waals surface area contributed by atoms with Gasteiger partial charge in [-0.15, -0.1) is 0 Å². The number of benzene rings is 2. The fraction of sp³-hybridized carbons (Fsp3) is 0.250. The number of anilines is 1. The highest BCUT2D eigenvalue weighted by atomic mass is 79.9. The third-order valence-electron chi connectivity index (χ3n) is 4.88. The fourth-order valence-electron chi connectivity index (χ4n) is 3.41. The van der Waals surface area contributed by atoms with Crippen LogP contribution in [-0.4, -0.2) is 39.6 Å². The number of carbonyl (C=O) groups is 2. The van der Waals surface area contributed by atoms with Crippen molar-refractivity contribution in [1.82, 2.24) is 20.4 Å². The summed E-state index contributed by atoms with van der Waals surface area (Å²) in [7, 11) is 0. The number of likely N-dealkylation sites (tertiary alicyclic amines) is 1. The fourth-order valence-corrected chi connectivity index (χ4v) is 3.67. The number of hydrogen-bond acceptors (Lipinski definition) is 3. The summed E-state index contributed by atoms with van der Waals surface area (Å²) in [5.41, 5.74) is 2.61. The van der Waals surface area contributed by atoms with Crippen molar-refractivity contribution in [2.75, 3.05) is 11.9 Å². The molecule has 4 rings (SSSR count). The van der Waals surface area contributed by atoms with Gasteiger partial charge in [0.15, 0.2) is 0 Å². The third-order valence-corrected chi connectivity index (χ3v) is 5.41. The molecule has 3 N–H and O–H groups in total. The molecule has 1 unspecified atom stereocenters. The van der Waals surface area contributed by atoms with Gasteiger partial charge in [0.05, 0.1) is 11.7 Å². The van der Waals surface area contributed by atoms with Crippen molar-refractivity contribution in [1.29, 1.82) is 0 Å². The molecular formula is C20H20BrN5O2. The molecule has 8 heteroatoms. The van der Waals surface area contributed by atoms with E-state index in [9.17, 15) is 9.59 Å². The van der Waals surface area contributed by atoms with Crippen LogP contribution in [0.4, 0.5) is 10.5 Å². The maximum absolute atomic E-state index is 12.8. The smallest absolute Gasteiger partial charge is 0.318 e. The summed E-state index contributed by atoms with van der Waals surface area (Å²) in [6, 6.07) is 12.6. The van der Waals surface area contributed by atoms with E-state index in [1.165, 1.54) is 0 Å². The lowest BCUT2D eigenvalue weighted by Crippen LogP contribution is -2.47. The van der Waals surface area contributed by atoms with E-state index in [-0.39, 0.29) is 11.9 Å². The lowest BCUT2D eigenvalue weighted by molar-refractivity contribution is -0.119. The van der Waals surface area contributed by atoms with Gasteiger partial charge in [-0.05, 0) is 48.7 Å². The van der Waals surface area contributed by atoms with Crippen molar-refractivity contribution < 1.29 is 9.59 Å². The van der Waals surface area contributed by atoms with Gasteiger partial charge in [0.25, 0.3) is 0 Å². The number of aromatic amines is 1. The molecule has 28 heavy (non-hydrogen) atoms. The summed E-state index contributed by atoms with van der Waals surface area (Å²) >= 11 is 3.40. The maximum Gasteiger partial charge on any atom is 0.318 e. The van der Waals surface area contributed by atoms with Crippen molar-refractivity contribution in [2.45, 2.75) is 25.4 Å². The standard InChI is InChI=1S/C20H20BrN5O2/c21-15-5-3-13(4-6-15)11-22-20(28)26-9-1-2-18(26)19(27)24-16-7-8-17-14(10-16)12-23-25-17/h3-8,10,12,18H,1-2,9,11H2,(H,22,28)(H,23,25)(H,24,27). The molecule has 1 aromatic heterocycles. The molecule has 1 aliphatic rings. The Hall–Kier alpha value is -2.87. The van der Waals surface area contributed by atoms with Crippen LogP contribution < -0.4 is 10.6 Å². The van der Waals surface area contributed by atoms with Gasteiger partial charge in [-0.1, -0.05) is 28.1 Å². The molecule has 0 spiro atoms. The highest BCUT2D eigenvalue weighted by Crippen LogP contribution is 2.21. The summed E-state index contributed by atoms with van der Waals surface area (Å²) in [6.45, 7) is 0.999. The quantitative estimate of drug-likeness (QED) is 0.577. The van der Waals surface area contributed by atoms with E-state index in [1.807, 2.05) is 42.5 Å². The summed E-state index contributed by atoms with van der Waals surface area (Å²) in [5.74, 6) is -0.167. The first kappa shape index (κ1) is 18.5. The minimum absolute atomic E-state index is 0.167. The zero-order chi connectivity index (χ0) is 19.5. The molecular weight excluding hydrogens is 422 g/mol. The lowest BCUT2D eigenvalue weighted by atomic mass is 10.2. The number of rotatable bonds is 4. The Morgan fingerprint density at radius 3 is 2.86 bits per heavy atom. The Bertz CT molecular complexity index is 1000. The Kier molecular flexibility index (Phi) is 5.29. The van der Waals surface area contributed by atoms with Crippen LogP contribution in [0.1, 0.15) is 18.4 Å². The molecule has 0 aliphatic carbocycles. The number of nitrogens with one attached hydrogen (secondary N) is 3. The van der Waals surface area contributed by atoms with Crippen molar-refractivity contribution in [3.8, 4) is 0 Å². The Labute approximate surface area is 170 Å². The Balaban J connectivity index is 1.38. The molecule has 7 nitrogen and oxygen atoms in total. The second-order valence-corrected chi connectivity index (χ2v) is 7.71. The number of aromatic nitrogens is 2. The molecule has 1 saturated heterocycles. The van der Waals surface area contributed by atoms with Crippen LogP contribution in [0.25, 0.3) is 10.9 Å². The van der Waals surface area contributed by atoms with Crippen LogP contribution in [-0.2, 0) is 11.3 Å². The molecule has 0 saturated carbocycles. The van der Waals surface area contributed by atoms with E-state index in [4.69, 9.17) is 0 Å². The van der Waals surface area contributed by atoms with E-state index in [2.05, 4.69) is 36.8 Å². The summed E-state index contributed by atoms with van der Waals surface area (Å²) in [5, 5.41) is 13.6. The first-order valence-corrected chi connectivity index (χ1v) is 9.92. The topological polar surface area (TPSA) is 90.1 Å². The molecule has 1 aliphatic heterocycles. The molecule has 1 fully saturated rings. The van der Waals surface area contributed by atoms with Gasteiger partial charge in [0.2, 0.25) is 5.91 Å². The van der Waals surface area contributed by atoms with Gasteiger partial charge in [-0.25, -0.2) is 4.79 Å². The molecule has 0 radical (unpaired) electrons. The first-order chi connectivity index (χ1) is 13.6. The number of urea groups is 1. The average molecular weight is 442 g/mol. The molecule has 2 heterocycles. The third kappa shape index (κ3) is 4.01. The molecule has 3 amide bonds. The van der Waals surface area contributed by atoms with E-state index >= 15 is 0 Å². The van der Waals surface area contributed by atoms with Gasteiger partial charge < -0.3 is 15.5 Å². The predicted octanol–water partition coefficient (Wildman–Crippen LogP) is 3.64. The highest BCUT2D eigenvalue weighted by molar-refractivity contribution is 9.10. The minimum atomic E-state index is -0.468. The number of amides is 3.